The number of oxazole rings is 1. The third-order valence-electron chi connectivity index (χ3n) is 5.07. The van der Waals surface area contributed by atoms with E-state index in [0.29, 0.717) is 23.1 Å². The van der Waals surface area contributed by atoms with Crippen molar-refractivity contribution in [1.29, 1.82) is 0 Å². The van der Waals surface area contributed by atoms with Crippen molar-refractivity contribution in [3.63, 3.8) is 0 Å². The summed E-state index contributed by atoms with van der Waals surface area (Å²) in [5.41, 5.74) is 4.98. The Morgan fingerprint density at radius 3 is 2.66 bits per heavy atom. The first-order valence-electron chi connectivity index (χ1n) is 9.61. The van der Waals surface area contributed by atoms with Crippen LogP contribution in [-0.2, 0) is 0 Å². The van der Waals surface area contributed by atoms with Crippen LogP contribution in [0.3, 0.4) is 0 Å². The van der Waals surface area contributed by atoms with Crippen molar-refractivity contribution in [2.45, 2.75) is 26.2 Å². The van der Waals surface area contributed by atoms with Crippen LogP contribution in [0.5, 0.6) is 0 Å². The summed E-state index contributed by atoms with van der Waals surface area (Å²) in [6.07, 6.45) is 1.08. The van der Waals surface area contributed by atoms with Gasteiger partial charge in [-0.1, -0.05) is 41.9 Å². The Kier molecular flexibility index (Phi) is 5.49. The van der Waals surface area contributed by atoms with E-state index in [0.717, 1.165) is 27.6 Å². The maximum atomic E-state index is 12.5. The molecule has 1 N–H and O–H groups in total. The third kappa shape index (κ3) is 4.25. The molecule has 0 aliphatic heterocycles. The largest absolute Gasteiger partial charge is 0.436 e. The fraction of sp³-hybridized carbons (Fsp3) is 0.167. The number of carbonyl (C=O) groups excluding carboxylic acids is 1. The Hall–Kier alpha value is -2.92. The van der Waals surface area contributed by atoms with Gasteiger partial charge in [-0.05, 0) is 72.5 Å². The molecule has 146 valence electrons. The second-order valence-electron chi connectivity index (χ2n) is 7.10. The number of halogens is 1. The number of amides is 1. The molecule has 0 spiro atoms. The molecule has 1 amide bonds. The van der Waals surface area contributed by atoms with E-state index in [4.69, 9.17) is 4.42 Å². The van der Waals surface area contributed by atoms with Gasteiger partial charge in [0.25, 0.3) is 5.91 Å². The number of nitrogens with one attached hydrogen (secondary N) is 1. The van der Waals surface area contributed by atoms with Gasteiger partial charge in [0.1, 0.15) is 5.52 Å². The number of anilines is 1. The van der Waals surface area contributed by atoms with Crippen LogP contribution < -0.4 is 5.32 Å². The zero-order valence-electron chi connectivity index (χ0n) is 16.3. The molecule has 0 saturated heterocycles. The van der Waals surface area contributed by atoms with Crippen LogP contribution in [0.4, 0.5) is 5.69 Å². The van der Waals surface area contributed by atoms with Gasteiger partial charge in [0.15, 0.2) is 5.58 Å². The predicted molar refractivity (Wildman–Crippen MR) is 120 cm³/mol. The van der Waals surface area contributed by atoms with Gasteiger partial charge in [0.05, 0.1) is 0 Å². The summed E-state index contributed by atoms with van der Waals surface area (Å²) in [5, 5.41) is 2.93. The summed E-state index contributed by atoms with van der Waals surface area (Å²) in [5.74, 6) is 0.864. The Morgan fingerprint density at radius 1 is 1.10 bits per heavy atom. The van der Waals surface area contributed by atoms with Crippen molar-refractivity contribution in [3.8, 4) is 11.5 Å². The number of rotatable bonds is 5. The van der Waals surface area contributed by atoms with Crippen LogP contribution in [0.2, 0.25) is 0 Å². The van der Waals surface area contributed by atoms with Crippen LogP contribution in [0.1, 0.15) is 42.1 Å². The van der Waals surface area contributed by atoms with Gasteiger partial charge in [-0.15, -0.1) is 0 Å². The molecule has 1 atom stereocenters. The maximum Gasteiger partial charge on any atom is 0.255 e. The highest BCUT2D eigenvalue weighted by atomic mass is 79.9. The van der Waals surface area contributed by atoms with E-state index in [1.54, 1.807) is 12.1 Å². The number of nitrogens with zero attached hydrogens (tertiary/aromatic N) is 1. The smallest absolute Gasteiger partial charge is 0.255 e. The van der Waals surface area contributed by atoms with E-state index in [1.807, 2.05) is 42.5 Å². The molecular weight excluding hydrogens is 428 g/mol. The Labute approximate surface area is 178 Å². The minimum Gasteiger partial charge on any atom is -0.436 e. The van der Waals surface area contributed by atoms with Crippen molar-refractivity contribution in [3.05, 3.63) is 82.3 Å². The van der Waals surface area contributed by atoms with E-state index in [1.165, 1.54) is 5.56 Å². The molecule has 29 heavy (non-hydrogen) atoms. The summed E-state index contributed by atoms with van der Waals surface area (Å²) in [4.78, 5) is 17.1. The minimum atomic E-state index is -0.162. The summed E-state index contributed by atoms with van der Waals surface area (Å²) >= 11 is 3.38. The number of hydrogen-bond acceptors (Lipinski definition) is 3. The average molecular weight is 449 g/mol. The first kappa shape index (κ1) is 19.4. The monoisotopic (exact) mass is 448 g/mol. The van der Waals surface area contributed by atoms with Crippen molar-refractivity contribution >= 4 is 38.6 Å². The molecule has 0 aliphatic carbocycles. The molecule has 4 rings (SSSR count). The van der Waals surface area contributed by atoms with Crippen LogP contribution in [0.15, 0.2) is 75.6 Å². The van der Waals surface area contributed by atoms with E-state index < -0.39 is 0 Å². The molecule has 0 bridgehead atoms. The molecule has 0 fully saturated rings. The summed E-state index contributed by atoms with van der Waals surface area (Å²) in [6, 6.07) is 20.9. The van der Waals surface area contributed by atoms with Crippen LogP contribution in [0.25, 0.3) is 22.6 Å². The summed E-state index contributed by atoms with van der Waals surface area (Å²) < 4.78 is 6.89. The molecule has 0 radical (unpaired) electrons. The highest BCUT2D eigenvalue weighted by Crippen LogP contribution is 2.29. The Morgan fingerprint density at radius 2 is 1.90 bits per heavy atom. The standard InChI is InChI=1S/C24H21BrN2O2/c1-3-15(2)17-9-12-22-21(14-17)27-24(29-22)18-5-4-6-20(13-18)26-23(28)16-7-10-19(25)11-8-16/h4-15H,3H2,1-2H3,(H,26,28)/t15-/m0/s1. The van der Waals surface area contributed by atoms with E-state index >= 15 is 0 Å². The highest BCUT2D eigenvalue weighted by Gasteiger charge is 2.12. The zero-order chi connectivity index (χ0) is 20.4. The topological polar surface area (TPSA) is 55.1 Å². The van der Waals surface area contributed by atoms with Gasteiger partial charge in [-0.25, -0.2) is 4.98 Å². The number of hydrogen-bond donors (Lipinski definition) is 1. The molecule has 3 aromatic carbocycles. The van der Waals surface area contributed by atoms with Gasteiger partial charge < -0.3 is 9.73 Å². The van der Waals surface area contributed by atoms with Gasteiger partial charge in [-0.2, -0.15) is 0 Å². The number of fused-ring (bicyclic) bond motifs is 1. The van der Waals surface area contributed by atoms with Crippen molar-refractivity contribution < 1.29 is 9.21 Å². The molecule has 0 aliphatic rings. The predicted octanol–water partition coefficient (Wildman–Crippen LogP) is 7.02. The average Bonchev–Trinajstić information content (AvgIpc) is 3.17. The van der Waals surface area contributed by atoms with E-state index in [2.05, 4.69) is 52.2 Å². The quantitative estimate of drug-likeness (QED) is 0.356. The van der Waals surface area contributed by atoms with Gasteiger partial charge in [-0.3, -0.25) is 4.79 Å². The Bertz CT molecular complexity index is 1170. The van der Waals surface area contributed by atoms with Crippen molar-refractivity contribution in [1.82, 2.24) is 4.98 Å². The van der Waals surface area contributed by atoms with E-state index in [-0.39, 0.29) is 5.91 Å². The van der Waals surface area contributed by atoms with E-state index in [9.17, 15) is 4.79 Å². The number of aromatic nitrogens is 1. The zero-order valence-corrected chi connectivity index (χ0v) is 17.9. The molecule has 5 heteroatoms. The lowest BCUT2D eigenvalue weighted by Crippen LogP contribution is -2.11. The SMILES string of the molecule is CC[C@H](C)c1ccc2oc(-c3cccc(NC(=O)c4ccc(Br)cc4)c3)nc2c1. The summed E-state index contributed by atoms with van der Waals surface area (Å²) in [6.45, 7) is 4.39. The van der Waals surface area contributed by atoms with Gasteiger partial charge >= 0.3 is 0 Å². The molecule has 1 aromatic heterocycles. The first-order valence-corrected chi connectivity index (χ1v) is 10.4. The molecule has 0 unspecified atom stereocenters. The Balaban J connectivity index is 1.59. The van der Waals surface area contributed by atoms with Crippen molar-refractivity contribution in [2.24, 2.45) is 0 Å². The minimum absolute atomic E-state index is 0.162. The normalized spacial score (nSPS) is 12.1. The van der Waals surface area contributed by atoms with Crippen LogP contribution in [-0.4, -0.2) is 10.9 Å². The molecule has 4 nitrogen and oxygen atoms in total. The summed E-state index contributed by atoms with van der Waals surface area (Å²) in [7, 11) is 0. The fourth-order valence-electron chi connectivity index (χ4n) is 3.14. The third-order valence-corrected chi connectivity index (χ3v) is 5.60. The second-order valence-corrected chi connectivity index (χ2v) is 8.01. The van der Waals surface area contributed by atoms with Crippen LogP contribution >= 0.6 is 15.9 Å². The lowest BCUT2D eigenvalue weighted by atomic mass is 9.98. The number of benzene rings is 3. The highest BCUT2D eigenvalue weighted by molar-refractivity contribution is 9.10. The number of carbonyl (C=O) groups is 1. The first-order chi connectivity index (χ1) is 14.0. The molecular formula is C24H21BrN2O2. The molecule has 4 aromatic rings. The molecule has 1 heterocycles. The molecule has 0 saturated carbocycles. The fourth-order valence-corrected chi connectivity index (χ4v) is 3.41. The lowest BCUT2D eigenvalue weighted by Gasteiger charge is -2.07. The van der Waals surface area contributed by atoms with Crippen molar-refractivity contribution in [2.75, 3.05) is 5.32 Å². The van der Waals surface area contributed by atoms with Crippen LogP contribution in [0, 0.1) is 0 Å². The van der Waals surface area contributed by atoms with Gasteiger partial charge in [0, 0.05) is 21.3 Å². The second kappa shape index (κ2) is 8.21. The van der Waals surface area contributed by atoms with Gasteiger partial charge in [0.2, 0.25) is 5.89 Å². The maximum absolute atomic E-state index is 12.5. The lowest BCUT2D eigenvalue weighted by molar-refractivity contribution is 0.102.